The lowest BCUT2D eigenvalue weighted by Crippen LogP contribution is -2.44. The minimum absolute atomic E-state index is 0.0230. The fourth-order valence-corrected chi connectivity index (χ4v) is 3.51. The number of carboxylic acids is 1. The lowest BCUT2D eigenvalue weighted by atomic mass is 9.94. The van der Waals surface area contributed by atoms with Crippen molar-refractivity contribution in [2.45, 2.75) is 38.0 Å². The third-order valence-electron chi connectivity index (χ3n) is 5.05. The molecule has 172 valence electrons. The molecule has 1 heterocycles. The number of carbonyl (C=O) groups is 2. The van der Waals surface area contributed by atoms with Crippen LogP contribution in [0.1, 0.15) is 31.1 Å². The fourth-order valence-electron chi connectivity index (χ4n) is 3.51. The predicted molar refractivity (Wildman–Crippen MR) is 112 cm³/mol. The van der Waals surface area contributed by atoms with Crippen molar-refractivity contribution in [2.75, 3.05) is 19.0 Å². The predicted octanol–water partition coefficient (Wildman–Crippen LogP) is 1.97. The van der Waals surface area contributed by atoms with Gasteiger partial charge in [0.05, 0.1) is 18.9 Å². The summed E-state index contributed by atoms with van der Waals surface area (Å²) in [5.41, 5.74) is 0.483. The number of hydrogen-bond donors (Lipinski definition) is 5. The van der Waals surface area contributed by atoms with Gasteiger partial charge in [0.1, 0.15) is 5.75 Å². The van der Waals surface area contributed by atoms with E-state index in [-0.39, 0.29) is 35.0 Å². The van der Waals surface area contributed by atoms with E-state index in [4.69, 9.17) is 9.47 Å². The molecule has 0 spiro atoms. The highest BCUT2D eigenvalue weighted by molar-refractivity contribution is 6.09. The highest BCUT2D eigenvalue weighted by Gasteiger charge is 2.36. The largest absolute Gasteiger partial charge is 0.508 e. The molecule has 10 heteroatoms. The van der Waals surface area contributed by atoms with Gasteiger partial charge < -0.3 is 35.4 Å². The maximum atomic E-state index is 13.6. The molecule has 1 aliphatic heterocycles. The fraction of sp³-hybridized carbons (Fsp3) is 0.364. The number of carboxylic acid groups (broad SMARTS) is 1. The maximum Gasteiger partial charge on any atom is 0.354 e. The van der Waals surface area contributed by atoms with Gasteiger partial charge in [-0.15, -0.1) is 0 Å². The first-order valence-electron chi connectivity index (χ1n) is 9.83. The number of benzene rings is 2. The van der Waals surface area contributed by atoms with E-state index >= 15 is 0 Å². The summed E-state index contributed by atoms with van der Waals surface area (Å²) >= 11 is 0. The number of β-amino-alcohol motifs (C(OH)–C–C–N with tert-alkyl or cyclic N) is 1. The molecule has 2 atom stereocenters. The van der Waals surface area contributed by atoms with Crippen LogP contribution in [0.25, 0.3) is 0 Å². The maximum absolute atomic E-state index is 13.6. The first-order chi connectivity index (χ1) is 15.0. The highest BCUT2D eigenvalue weighted by atomic mass is 19.1. The lowest BCUT2D eigenvalue weighted by molar-refractivity contribution is -0.149. The Morgan fingerprint density at radius 1 is 1.34 bits per heavy atom. The van der Waals surface area contributed by atoms with Crippen LogP contribution < -0.4 is 20.1 Å². The molecule has 0 bridgehead atoms. The molecule has 2 aromatic rings. The lowest BCUT2D eigenvalue weighted by Gasteiger charge is -2.30. The zero-order valence-electron chi connectivity index (χ0n) is 17.8. The quantitative estimate of drug-likeness (QED) is 0.387. The summed E-state index contributed by atoms with van der Waals surface area (Å²) in [6.45, 7) is 3.81. The van der Waals surface area contributed by atoms with E-state index in [0.717, 1.165) is 5.56 Å². The smallest absolute Gasteiger partial charge is 0.354 e. The second-order valence-corrected chi connectivity index (χ2v) is 8.16. The number of aliphatic hydroxyl groups excluding tert-OH is 1. The number of aliphatic hydroxyl groups is 1. The Morgan fingerprint density at radius 3 is 2.72 bits per heavy atom. The summed E-state index contributed by atoms with van der Waals surface area (Å²) in [6.07, 6.45) is -2.47. The summed E-state index contributed by atoms with van der Waals surface area (Å²) < 4.78 is 24.0. The Labute approximate surface area is 183 Å². The van der Waals surface area contributed by atoms with Gasteiger partial charge in [-0.05, 0) is 44.0 Å². The van der Waals surface area contributed by atoms with Crippen LogP contribution in [0, 0.1) is 5.82 Å². The average molecular weight is 448 g/mol. The molecule has 2 unspecified atom stereocenters. The molecule has 0 aliphatic carbocycles. The Kier molecular flexibility index (Phi) is 6.56. The van der Waals surface area contributed by atoms with Crippen molar-refractivity contribution in [1.82, 2.24) is 5.32 Å². The zero-order valence-corrected chi connectivity index (χ0v) is 17.8. The number of amides is 1. The molecule has 9 nitrogen and oxygen atoms in total. The Balaban J connectivity index is 1.75. The first-order valence-corrected chi connectivity index (χ1v) is 9.83. The second-order valence-electron chi connectivity index (χ2n) is 8.16. The number of anilines is 1. The number of phenols is 1. The van der Waals surface area contributed by atoms with Gasteiger partial charge in [0.25, 0.3) is 12.0 Å². The number of phenolic OH excluding ortho intramolecular Hbond substituents is 1. The van der Waals surface area contributed by atoms with Crippen LogP contribution in [0.15, 0.2) is 30.3 Å². The number of aromatic hydroxyl groups is 1. The van der Waals surface area contributed by atoms with Crippen LogP contribution in [-0.2, 0) is 16.0 Å². The van der Waals surface area contributed by atoms with Crippen molar-refractivity contribution in [1.29, 1.82) is 0 Å². The van der Waals surface area contributed by atoms with Gasteiger partial charge in [0.2, 0.25) is 0 Å². The molecule has 1 aliphatic rings. The van der Waals surface area contributed by atoms with Gasteiger partial charge in [-0.1, -0.05) is 6.07 Å². The standard InChI is InChI=1S/C22H25FN2O7/c1-22(2,9-11-4-5-14(23)17(6-11)31-3)24-10-16(27)13-7-12(26)8-15-18(13)32-19(21(29)30)20(28)25-15/h4-8,16,19,24,26-27H,9-10H2,1-3H3,(H,25,28)(H,29,30). The second kappa shape index (κ2) is 9.01. The van der Waals surface area contributed by atoms with E-state index in [2.05, 4.69) is 10.6 Å². The number of halogens is 1. The Bertz CT molecular complexity index is 1040. The average Bonchev–Trinajstić information content (AvgIpc) is 2.71. The molecule has 2 aromatic carbocycles. The molecular weight excluding hydrogens is 423 g/mol. The monoisotopic (exact) mass is 448 g/mol. The van der Waals surface area contributed by atoms with Crippen LogP contribution in [0.4, 0.5) is 10.1 Å². The SMILES string of the molecule is COc1cc(CC(C)(C)NCC(O)c2cc(O)cc3c2OC(C(=O)O)C(=O)N3)ccc1F. The number of ether oxygens (including phenoxy) is 2. The van der Waals surface area contributed by atoms with Crippen LogP contribution in [0.3, 0.4) is 0 Å². The van der Waals surface area contributed by atoms with Crippen molar-refractivity contribution in [2.24, 2.45) is 0 Å². The van der Waals surface area contributed by atoms with E-state index in [1.165, 1.54) is 25.3 Å². The molecule has 1 amide bonds. The van der Waals surface area contributed by atoms with E-state index in [1.54, 1.807) is 12.1 Å². The molecular formula is C22H25FN2O7. The van der Waals surface area contributed by atoms with Crippen molar-refractivity contribution in [3.63, 3.8) is 0 Å². The minimum atomic E-state index is -1.77. The molecule has 32 heavy (non-hydrogen) atoms. The van der Waals surface area contributed by atoms with Crippen LogP contribution >= 0.6 is 0 Å². The molecule has 3 rings (SSSR count). The third kappa shape index (κ3) is 5.09. The third-order valence-corrected chi connectivity index (χ3v) is 5.05. The van der Waals surface area contributed by atoms with Crippen molar-refractivity contribution in [3.05, 3.63) is 47.3 Å². The minimum Gasteiger partial charge on any atom is -0.508 e. The van der Waals surface area contributed by atoms with Crippen molar-refractivity contribution < 1.29 is 38.8 Å². The number of hydrogen-bond acceptors (Lipinski definition) is 7. The topological polar surface area (TPSA) is 137 Å². The Morgan fingerprint density at radius 2 is 2.06 bits per heavy atom. The summed E-state index contributed by atoms with van der Waals surface area (Å²) in [5, 5.41) is 35.5. The summed E-state index contributed by atoms with van der Waals surface area (Å²) in [7, 11) is 1.39. The normalized spacial score (nSPS) is 16.5. The molecule has 5 N–H and O–H groups in total. The summed E-state index contributed by atoms with van der Waals surface area (Å²) in [5.74, 6) is -2.94. The number of fused-ring (bicyclic) bond motifs is 1. The summed E-state index contributed by atoms with van der Waals surface area (Å²) in [4.78, 5) is 23.2. The zero-order chi connectivity index (χ0) is 23.6. The number of carbonyl (C=O) groups excluding carboxylic acids is 1. The van der Waals surface area contributed by atoms with E-state index in [9.17, 15) is 29.3 Å². The first kappa shape index (κ1) is 23.3. The highest BCUT2D eigenvalue weighted by Crippen LogP contribution is 2.40. The van der Waals surface area contributed by atoms with Crippen LogP contribution in [0.5, 0.6) is 17.2 Å². The Hall–Kier alpha value is -3.37. The summed E-state index contributed by atoms with van der Waals surface area (Å²) in [6, 6.07) is 7.03. The van der Waals surface area contributed by atoms with E-state index in [1.807, 2.05) is 13.8 Å². The molecule has 0 fully saturated rings. The van der Waals surface area contributed by atoms with E-state index in [0.29, 0.717) is 6.42 Å². The molecule has 0 saturated carbocycles. The van der Waals surface area contributed by atoms with Crippen molar-refractivity contribution in [3.8, 4) is 17.2 Å². The van der Waals surface area contributed by atoms with Gasteiger partial charge in [-0.25, -0.2) is 9.18 Å². The number of rotatable bonds is 8. The van der Waals surface area contributed by atoms with E-state index < -0.39 is 35.4 Å². The molecule has 0 aromatic heterocycles. The van der Waals surface area contributed by atoms with Gasteiger partial charge in [-0.2, -0.15) is 0 Å². The number of aliphatic carboxylic acids is 1. The van der Waals surface area contributed by atoms with Gasteiger partial charge in [-0.3, -0.25) is 4.79 Å². The molecule has 0 radical (unpaired) electrons. The van der Waals surface area contributed by atoms with Crippen molar-refractivity contribution >= 4 is 17.6 Å². The van der Waals surface area contributed by atoms with Gasteiger partial charge in [0.15, 0.2) is 17.3 Å². The van der Waals surface area contributed by atoms with Gasteiger partial charge >= 0.3 is 5.97 Å². The van der Waals surface area contributed by atoms with Crippen LogP contribution in [-0.4, -0.2) is 52.5 Å². The van der Waals surface area contributed by atoms with Gasteiger partial charge in [0, 0.05) is 23.7 Å². The number of methoxy groups -OCH3 is 1. The molecule has 0 saturated heterocycles. The number of nitrogens with one attached hydrogen (secondary N) is 2. The van der Waals surface area contributed by atoms with Crippen LogP contribution in [0.2, 0.25) is 0 Å².